The van der Waals surface area contributed by atoms with E-state index in [2.05, 4.69) is 25.9 Å². The summed E-state index contributed by atoms with van der Waals surface area (Å²) >= 11 is 1.15. The Hall–Kier alpha value is -4.79. The number of nitrogens with zero attached hydrogens (tertiary/aromatic N) is 1. The highest BCUT2D eigenvalue weighted by Gasteiger charge is 2.47. The number of primary amides is 1. The van der Waals surface area contributed by atoms with Crippen LogP contribution in [0, 0.1) is 17.7 Å². The molecule has 4 amide bonds. The van der Waals surface area contributed by atoms with Crippen LogP contribution in [0.4, 0.5) is 17.6 Å². The standard InChI is InChI=1S/C37H42F4N6O4S/c1-5-19(3)29(45-28(48)16-21-10-7-8-13-25(21)38)33(50)47-36(35(51)46-30(20(4)6-2)34-44-27(18-52-34)32(42)49)15-14-26-23(17-36)22-11-9-12-24(31(22)43-26)37(39,40)41/h7-13,18-20,29-30,43H,5-6,14-17H2,1-4H3,(H2,42,49)(H,45,48)(H,46,51)(H,47,50)/t19?,20-,29?,30-,36-/m0/s1. The maximum absolute atomic E-state index is 14.7. The van der Waals surface area contributed by atoms with Crippen molar-refractivity contribution >= 4 is 45.9 Å². The van der Waals surface area contributed by atoms with Crippen molar-refractivity contribution in [2.75, 3.05) is 0 Å². The third kappa shape index (κ3) is 7.98. The minimum Gasteiger partial charge on any atom is -0.364 e. The molecule has 0 bridgehead atoms. The number of para-hydroxylation sites is 1. The van der Waals surface area contributed by atoms with Crippen molar-refractivity contribution in [1.29, 1.82) is 0 Å². The number of fused-ring (bicyclic) bond motifs is 3. The lowest BCUT2D eigenvalue weighted by atomic mass is 9.78. The van der Waals surface area contributed by atoms with Gasteiger partial charge in [0.05, 0.1) is 23.5 Å². The van der Waals surface area contributed by atoms with E-state index in [1.165, 1.54) is 29.6 Å². The van der Waals surface area contributed by atoms with E-state index < -0.39 is 64.7 Å². The van der Waals surface area contributed by atoms with Crippen LogP contribution in [0.1, 0.15) is 90.9 Å². The molecule has 5 rings (SSSR count). The lowest BCUT2D eigenvalue weighted by molar-refractivity contribution is -0.137. The van der Waals surface area contributed by atoms with Crippen molar-refractivity contribution in [3.05, 3.63) is 86.7 Å². The number of halogens is 4. The number of rotatable bonds is 13. The number of benzene rings is 2. The summed E-state index contributed by atoms with van der Waals surface area (Å²) in [5, 5.41) is 10.9. The fourth-order valence-electron chi connectivity index (χ4n) is 6.63. The van der Waals surface area contributed by atoms with Gasteiger partial charge in [0.1, 0.15) is 28.1 Å². The molecule has 0 fully saturated rings. The number of thiazole rings is 1. The van der Waals surface area contributed by atoms with E-state index in [1.54, 1.807) is 19.1 Å². The molecule has 4 aromatic rings. The molecular weight excluding hydrogens is 701 g/mol. The summed E-state index contributed by atoms with van der Waals surface area (Å²) in [5.74, 6) is -3.77. The maximum Gasteiger partial charge on any atom is 0.418 e. The summed E-state index contributed by atoms with van der Waals surface area (Å²) in [7, 11) is 0. The molecule has 6 N–H and O–H groups in total. The quantitative estimate of drug-likeness (QED) is 0.108. The molecule has 0 aliphatic heterocycles. The number of carbonyl (C=O) groups excluding carboxylic acids is 4. The van der Waals surface area contributed by atoms with Gasteiger partial charge >= 0.3 is 6.18 Å². The monoisotopic (exact) mass is 742 g/mol. The van der Waals surface area contributed by atoms with Crippen molar-refractivity contribution in [2.24, 2.45) is 17.6 Å². The summed E-state index contributed by atoms with van der Waals surface area (Å²) < 4.78 is 56.5. The van der Waals surface area contributed by atoms with E-state index in [1.807, 2.05) is 20.8 Å². The van der Waals surface area contributed by atoms with Crippen LogP contribution in [-0.4, -0.2) is 45.2 Å². The Morgan fingerprint density at radius 2 is 1.73 bits per heavy atom. The number of nitrogens with two attached hydrogens (primary N) is 1. The van der Waals surface area contributed by atoms with Gasteiger partial charge in [-0.05, 0) is 47.9 Å². The van der Waals surface area contributed by atoms with Crippen LogP contribution < -0.4 is 21.7 Å². The Kier molecular flexibility index (Phi) is 11.4. The zero-order valence-electron chi connectivity index (χ0n) is 29.2. The SMILES string of the molecule is CCC(C)C(NC(=O)Cc1ccccc1F)C(=O)N[C@@]1(C(=O)N[C@H](c2nc(C(N)=O)cs2)[C@@H](C)CC)CCc2[nH]c3c(C(F)(F)F)cccc3c2C1. The number of hydrogen-bond acceptors (Lipinski definition) is 6. The van der Waals surface area contributed by atoms with Gasteiger partial charge in [0.2, 0.25) is 17.7 Å². The van der Waals surface area contributed by atoms with Gasteiger partial charge in [0, 0.05) is 22.9 Å². The molecule has 1 aliphatic carbocycles. The highest BCUT2D eigenvalue weighted by atomic mass is 32.1. The molecule has 52 heavy (non-hydrogen) atoms. The molecule has 2 aromatic heterocycles. The fraction of sp³-hybridized carbons (Fsp3) is 0.432. The predicted molar refractivity (Wildman–Crippen MR) is 189 cm³/mol. The summed E-state index contributed by atoms with van der Waals surface area (Å²) in [5.41, 5.74) is 3.97. The van der Waals surface area contributed by atoms with Crippen molar-refractivity contribution in [3.8, 4) is 0 Å². The predicted octanol–water partition coefficient (Wildman–Crippen LogP) is 5.90. The van der Waals surface area contributed by atoms with E-state index in [0.29, 0.717) is 29.1 Å². The Labute approximate surface area is 302 Å². The van der Waals surface area contributed by atoms with Crippen LogP contribution in [0.15, 0.2) is 47.8 Å². The molecule has 0 radical (unpaired) electrons. The first-order valence-electron chi connectivity index (χ1n) is 17.2. The zero-order valence-corrected chi connectivity index (χ0v) is 30.1. The van der Waals surface area contributed by atoms with E-state index in [9.17, 15) is 36.7 Å². The molecule has 0 saturated heterocycles. The molecule has 1 aliphatic rings. The average molecular weight is 743 g/mol. The summed E-state index contributed by atoms with van der Waals surface area (Å²) in [6.45, 7) is 7.40. The first-order chi connectivity index (χ1) is 24.6. The van der Waals surface area contributed by atoms with E-state index in [0.717, 1.165) is 17.4 Å². The number of H-pyrrole nitrogens is 1. The number of hydrogen-bond donors (Lipinski definition) is 5. The van der Waals surface area contributed by atoms with E-state index in [-0.39, 0.29) is 53.8 Å². The number of aromatic amines is 1. The third-order valence-electron chi connectivity index (χ3n) is 10.1. The first kappa shape index (κ1) is 38.4. The van der Waals surface area contributed by atoms with Gasteiger partial charge in [-0.25, -0.2) is 9.37 Å². The van der Waals surface area contributed by atoms with Gasteiger partial charge in [0.25, 0.3) is 5.91 Å². The molecule has 2 heterocycles. The number of nitrogens with one attached hydrogen (secondary N) is 4. The molecule has 10 nitrogen and oxygen atoms in total. The number of carbonyl (C=O) groups is 4. The van der Waals surface area contributed by atoms with Crippen LogP contribution in [0.25, 0.3) is 10.9 Å². The normalized spacial score (nSPS) is 18.2. The second-order valence-corrected chi connectivity index (χ2v) is 14.4. The lowest BCUT2D eigenvalue weighted by Gasteiger charge is -2.39. The number of aryl methyl sites for hydroxylation is 1. The molecule has 278 valence electrons. The van der Waals surface area contributed by atoms with Crippen molar-refractivity contribution in [2.45, 2.75) is 90.0 Å². The Morgan fingerprint density at radius 3 is 2.37 bits per heavy atom. The number of amides is 4. The maximum atomic E-state index is 14.7. The van der Waals surface area contributed by atoms with Gasteiger partial charge < -0.3 is 26.7 Å². The average Bonchev–Trinajstić information content (AvgIpc) is 3.74. The van der Waals surface area contributed by atoms with Gasteiger partial charge in [0.15, 0.2) is 0 Å². The van der Waals surface area contributed by atoms with E-state index >= 15 is 0 Å². The molecule has 2 unspecified atom stereocenters. The highest BCUT2D eigenvalue weighted by Crippen LogP contribution is 2.40. The Morgan fingerprint density at radius 1 is 1.02 bits per heavy atom. The number of aromatic nitrogens is 2. The summed E-state index contributed by atoms with van der Waals surface area (Å²) in [6, 6.07) is 7.81. The van der Waals surface area contributed by atoms with Crippen molar-refractivity contribution < 1.29 is 36.7 Å². The van der Waals surface area contributed by atoms with Gasteiger partial charge in [-0.3, -0.25) is 19.2 Å². The van der Waals surface area contributed by atoms with Crippen molar-refractivity contribution in [1.82, 2.24) is 25.9 Å². The Balaban J connectivity index is 1.53. The molecule has 2 aromatic carbocycles. The van der Waals surface area contributed by atoms with Crippen molar-refractivity contribution in [3.63, 3.8) is 0 Å². The Bertz CT molecular complexity index is 1980. The van der Waals surface area contributed by atoms with Crippen LogP contribution in [-0.2, 0) is 39.8 Å². The second-order valence-electron chi connectivity index (χ2n) is 13.5. The van der Waals surface area contributed by atoms with Gasteiger partial charge in [-0.2, -0.15) is 13.2 Å². The summed E-state index contributed by atoms with van der Waals surface area (Å²) in [4.78, 5) is 61.3. The smallest absolute Gasteiger partial charge is 0.364 e. The van der Waals surface area contributed by atoms with Crippen LogP contribution >= 0.6 is 11.3 Å². The van der Waals surface area contributed by atoms with Gasteiger partial charge in [-0.1, -0.05) is 70.9 Å². The lowest BCUT2D eigenvalue weighted by Crippen LogP contribution is -2.65. The molecule has 5 atom stereocenters. The topological polar surface area (TPSA) is 159 Å². The molecular formula is C37H42F4N6O4S. The summed E-state index contributed by atoms with van der Waals surface area (Å²) in [6.07, 6.45) is -3.91. The van der Waals surface area contributed by atoms with Crippen LogP contribution in [0.2, 0.25) is 0 Å². The zero-order chi connectivity index (χ0) is 38.0. The van der Waals surface area contributed by atoms with Gasteiger partial charge in [-0.15, -0.1) is 11.3 Å². The van der Waals surface area contributed by atoms with E-state index in [4.69, 9.17) is 5.73 Å². The minimum absolute atomic E-state index is 0.0137. The second kappa shape index (κ2) is 15.4. The minimum atomic E-state index is -4.64. The van der Waals surface area contributed by atoms with Crippen LogP contribution in [0.5, 0.6) is 0 Å². The molecule has 0 saturated carbocycles. The fourth-order valence-corrected chi connectivity index (χ4v) is 7.62. The molecule has 15 heteroatoms. The third-order valence-corrected chi connectivity index (χ3v) is 11.0. The molecule has 0 spiro atoms. The largest absolute Gasteiger partial charge is 0.418 e. The number of alkyl halides is 3. The van der Waals surface area contributed by atoms with Crippen LogP contribution in [0.3, 0.4) is 0 Å². The first-order valence-corrected chi connectivity index (χ1v) is 18.1. The highest BCUT2D eigenvalue weighted by molar-refractivity contribution is 7.09.